The number of sulfonamides is 1. The Morgan fingerprint density at radius 3 is 2.67 bits per heavy atom. The molecule has 118 valence electrons. The molecule has 0 amide bonds. The highest BCUT2D eigenvalue weighted by Gasteiger charge is 2.32. The smallest absolute Gasteiger partial charge is 0.340 e. The SMILES string of the molecule is Cc1[nH]nc(S(=O)(=O)N(C)CC2CCOCC2)c1C(=O)O. The number of nitrogens with zero attached hydrogens (tertiary/aromatic N) is 2. The van der Waals surface area contributed by atoms with Crippen LogP contribution < -0.4 is 0 Å². The molecule has 2 N–H and O–H groups in total. The van der Waals surface area contributed by atoms with Crippen LogP contribution in [0.1, 0.15) is 28.9 Å². The molecule has 1 aromatic heterocycles. The van der Waals surface area contributed by atoms with E-state index in [9.17, 15) is 13.2 Å². The first-order valence-electron chi connectivity index (χ1n) is 6.66. The molecule has 0 spiro atoms. The largest absolute Gasteiger partial charge is 0.478 e. The lowest BCUT2D eigenvalue weighted by Gasteiger charge is -2.26. The number of carboxylic acids is 1. The van der Waals surface area contributed by atoms with Crippen LogP contribution in [-0.4, -0.2) is 60.8 Å². The third-order valence-electron chi connectivity index (χ3n) is 3.64. The summed E-state index contributed by atoms with van der Waals surface area (Å²) < 4.78 is 31.4. The zero-order chi connectivity index (χ0) is 15.6. The summed E-state index contributed by atoms with van der Waals surface area (Å²) in [5, 5.41) is 14.8. The molecule has 0 unspecified atom stereocenters. The number of aromatic nitrogens is 2. The summed E-state index contributed by atoms with van der Waals surface area (Å²) >= 11 is 0. The van der Waals surface area contributed by atoms with Crippen LogP contribution in [0.25, 0.3) is 0 Å². The van der Waals surface area contributed by atoms with Crippen molar-refractivity contribution in [3.05, 3.63) is 11.3 Å². The summed E-state index contributed by atoms with van der Waals surface area (Å²) in [5.74, 6) is -1.09. The quantitative estimate of drug-likeness (QED) is 0.816. The number of ether oxygens (including phenoxy) is 1. The predicted molar refractivity (Wildman–Crippen MR) is 73.6 cm³/mol. The van der Waals surface area contributed by atoms with Gasteiger partial charge in [-0.3, -0.25) is 5.10 Å². The second-order valence-corrected chi connectivity index (χ2v) is 7.14. The Labute approximate surface area is 123 Å². The number of aromatic carboxylic acids is 1. The van der Waals surface area contributed by atoms with Crippen LogP contribution in [0.2, 0.25) is 0 Å². The molecule has 1 fully saturated rings. The van der Waals surface area contributed by atoms with Crippen molar-refractivity contribution in [3.8, 4) is 0 Å². The van der Waals surface area contributed by atoms with E-state index < -0.39 is 21.0 Å². The number of rotatable bonds is 5. The van der Waals surface area contributed by atoms with E-state index in [2.05, 4.69) is 10.2 Å². The molecule has 2 heterocycles. The van der Waals surface area contributed by atoms with E-state index >= 15 is 0 Å². The molecule has 1 saturated heterocycles. The maximum absolute atomic E-state index is 12.5. The number of H-pyrrole nitrogens is 1. The van der Waals surface area contributed by atoms with E-state index in [4.69, 9.17) is 9.84 Å². The van der Waals surface area contributed by atoms with Crippen LogP contribution in [0.5, 0.6) is 0 Å². The van der Waals surface area contributed by atoms with Crippen LogP contribution in [0.3, 0.4) is 0 Å². The lowest BCUT2D eigenvalue weighted by Crippen LogP contribution is -2.35. The minimum Gasteiger partial charge on any atom is -0.478 e. The second-order valence-electron chi connectivity index (χ2n) is 5.18. The van der Waals surface area contributed by atoms with E-state index in [1.807, 2.05) is 0 Å². The Balaban J connectivity index is 2.22. The van der Waals surface area contributed by atoms with Crippen molar-refractivity contribution in [3.63, 3.8) is 0 Å². The molecule has 1 aromatic rings. The molecule has 2 rings (SSSR count). The molecule has 0 aliphatic carbocycles. The van der Waals surface area contributed by atoms with Gasteiger partial charge in [-0.2, -0.15) is 9.40 Å². The van der Waals surface area contributed by atoms with E-state index in [-0.39, 0.29) is 17.2 Å². The van der Waals surface area contributed by atoms with Crippen LogP contribution in [0.15, 0.2) is 5.03 Å². The first-order valence-corrected chi connectivity index (χ1v) is 8.10. The molecular weight excluding hydrogens is 298 g/mol. The minimum absolute atomic E-state index is 0.215. The van der Waals surface area contributed by atoms with Gasteiger partial charge in [-0.05, 0) is 25.7 Å². The van der Waals surface area contributed by atoms with Gasteiger partial charge < -0.3 is 9.84 Å². The van der Waals surface area contributed by atoms with Crippen molar-refractivity contribution in [1.82, 2.24) is 14.5 Å². The molecule has 0 saturated carbocycles. The highest BCUT2D eigenvalue weighted by atomic mass is 32.2. The lowest BCUT2D eigenvalue weighted by atomic mass is 10.0. The predicted octanol–water partition coefficient (Wildman–Crippen LogP) is 0.463. The van der Waals surface area contributed by atoms with Crippen molar-refractivity contribution in [2.45, 2.75) is 24.8 Å². The van der Waals surface area contributed by atoms with E-state index in [1.165, 1.54) is 18.3 Å². The van der Waals surface area contributed by atoms with Gasteiger partial charge in [0.1, 0.15) is 5.56 Å². The third kappa shape index (κ3) is 3.25. The van der Waals surface area contributed by atoms with Gasteiger partial charge in [0.05, 0.1) is 0 Å². The number of aromatic amines is 1. The molecular formula is C12H19N3O5S. The highest BCUT2D eigenvalue weighted by molar-refractivity contribution is 7.89. The molecule has 21 heavy (non-hydrogen) atoms. The molecule has 0 atom stereocenters. The molecule has 0 bridgehead atoms. The van der Waals surface area contributed by atoms with Crippen LogP contribution in [0.4, 0.5) is 0 Å². The van der Waals surface area contributed by atoms with Crippen molar-refractivity contribution in [2.75, 3.05) is 26.8 Å². The molecule has 8 nitrogen and oxygen atoms in total. The van der Waals surface area contributed by atoms with E-state index in [1.54, 1.807) is 0 Å². The fourth-order valence-corrected chi connectivity index (χ4v) is 3.75. The average Bonchev–Trinajstić information content (AvgIpc) is 2.82. The Hall–Kier alpha value is -1.45. The van der Waals surface area contributed by atoms with Gasteiger partial charge in [-0.1, -0.05) is 0 Å². The molecule has 0 aromatic carbocycles. The van der Waals surface area contributed by atoms with Gasteiger partial charge in [0, 0.05) is 32.5 Å². The van der Waals surface area contributed by atoms with E-state index in [0.29, 0.717) is 19.8 Å². The summed E-state index contributed by atoms with van der Waals surface area (Å²) in [6.45, 7) is 3.06. The monoisotopic (exact) mass is 317 g/mol. The van der Waals surface area contributed by atoms with Gasteiger partial charge in [-0.25, -0.2) is 13.2 Å². The second kappa shape index (κ2) is 6.12. The number of carbonyl (C=O) groups is 1. The maximum atomic E-state index is 12.5. The number of aryl methyl sites for hydroxylation is 1. The first kappa shape index (κ1) is 15.9. The summed E-state index contributed by atoms with van der Waals surface area (Å²) in [6, 6.07) is 0. The topological polar surface area (TPSA) is 113 Å². The summed E-state index contributed by atoms with van der Waals surface area (Å²) in [4.78, 5) is 11.2. The van der Waals surface area contributed by atoms with Gasteiger partial charge in [0.2, 0.25) is 5.03 Å². The first-order chi connectivity index (χ1) is 9.84. The normalized spacial score (nSPS) is 17.3. The fraction of sp³-hybridized carbons (Fsp3) is 0.667. The highest BCUT2D eigenvalue weighted by Crippen LogP contribution is 2.22. The zero-order valence-corrected chi connectivity index (χ0v) is 12.8. The molecule has 1 aliphatic heterocycles. The average molecular weight is 317 g/mol. The summed E-state index contributed by atoms with van der Waals surface area (Å²) in [5.41, 5.74) is -0.0747. The number of hydrogen-bond acceptors (Lipinski definition) is 5. The minimum atomic E-state index is -3.92. The number of hydrogen-bond donors (Lipinski definition) is 2. The summed E-state index contributed by atoms with van der Waals surface area (Å²) in [6.07, 6.45) is 1.59. The van der Waals surface area contributed by atoms with Crippen molar-refractivity contribution >= 4 is 16.0 Å². The van der Waals surface area contributed by atoms with Crippen LogP contribution in [0, 0.1) is 12.8 Å². The zero-order valence-electron chi connectivity index (χ0n) is 12.0. The van der Waals surface area contributed by atoms with Crippen LogP contribution in [-0.2, 0) is 14.8 Å². The molecule has 0 radical (unpaired) electrons. The Bertz CT molecular complexity index is 619. The van der Waals surface area contributed by atoms with Crippen LogP contribution >= 0.6 is 0 Å². The van der Waals surface area contributed by atoms with Gasteiger partial charge >= 0.3 is 5.97 Å². The van der Waals surface area contributed by atoms with E-state index in [0.717, 1.165) is 12.8 Å². The summed E-state index contributed by atoms with van der Waals surface area (Å²) in [7, 11) is -2.48. The number of carboxylic acid groups (broad SMARTS) is 1. The van der Waals surface area contributed by atoms with Crippen molar-refractivity contribution in [2.24, 2.45) is 5.92 Å². The Kier molecular flexibility index (Phi) is 4.64. The maximum Gasteiger partial charge on any atom is 0.340 e. The van der Waals surface area contributed by atoms with Gasteiger partial charge in [-0.15, -0.1) is 0 Å². The molecule has 1 aliphatic rings. The van der Waals surface area contributed by atoms with Crippen molar-refractivity contribution in [1.29, 1.82) is 0 Å². The lowest BCUT2D eigenvalue weighted by molar-refractivity contribution is 0.0620. The van der Waals surface area contributed by atoms with Crippen molar-refractivity contribution < 1.29 is 23.1 Å². The molecule has 9 heteroatoms. The van der Waals surface area contributed by atoms with Gasteiger partial charge in [0.15, 0.2) is 0 Å². The fourth-order valence-electron chi connectivity index (χ4n) is 2.38. The standard InChI is InChI=1S/C12H19N3O5S/c1-8-10(12(16)17)11(14-13-8)21(18,19)15(2)7-9-3-5-20-6-4-9/h9H,3-7H2,1-2H3,(H,13,14)(H,16,17). The number of nitrogens with one attached hydrogen (secondary N) is 1. The Morgan fingerprint density at radius 2 is 2.10 bits per heavy atom. The van der Waals surface area contributed by atoms with Gasteiger partial charge in [0.25, 0.3) is 10.0 Å². The third-order valence-corrected chi connectivity index (χ3v) is 5.39. The Morgan fingerprint density at radius 1 is 1.48 bits per heavy atom.